The SMILES string of the molecule is C[C@@H](C(=O)NCC(C(=O)NCCNc1ccc(OC(F)(F)F)cc1)C1CCCCC1)c1ccccc1. The Hall–Kier alpha value is -3.23. The highest BCUT2D eigenvalue weighted by molar-refractivity contribution is 5.84. The Labute approximate surface area is 210 Å². The lowest BCUT2D eigenvalue weighted by Gasteiger charge is -2.30. The van der Waals surface area contributed by atoms with Gasteiger partial charge in [0.05, 0.1) is 11.8 Å². The molecule has 2 aromatic carbocycles. The predicted octanol–water partition coefficient (Wildman–Crippen LogP) is 5.23. The van der Waals surface area contributed by atoms with Crippen LogP contribution in [0.1, 0.15) is 50.5 Å². The van der Waals surface area contributed by atoms with Crippen LogP contribution < -0.4 is 20.7 Å². The molecule has 9 heteroatoms. The Morgan fingerprint density at radius 1 is 0.917 bits per heavy atom. The van der Waals surface area contributed by atoms with Crippen molar-refractivity contribution in [2.45, 2.75) is 51.3 Å². The van der Waals surface area contributed by atoms with Crippen molar-refractivity contribution in [1.29, 1.82) is 0 Å². The van der Waals surface area contributed by atoms with Gasteiger partial charge in [0.2, 0.25) is 11.8 Å². The summed E-state index contributed by atoms with van der Waals surface area (Å²) in [7, 11) is 0. The van der Waals surface area contributed by atoms with Crippen LogP contribution in [-0.2, 0) is 9.59 Å². The normalized spacial score (nSPS) is 16.0. The van der Waals surface area contributed by atoms with Gasteiger partial charge in [-0.2, -0.15) is 0 Å². The Morgan fingerprint density at radius 2 is 1.58 bits per heavy atom. The number of halogens is 3. The second-order valence-electron chi connectivity index (χ2n) is 9.17. The lowest BCUT2D eigenvalue weighted by Crippen LogP contribution is -2.44. The molecule has 1 saturated carbocycles. The zero-order valence-electron chi connectivity index (χ0n) is 20.4. The van der Waals surface area contributed by atoms with Gasteiger partial charge in [-0.1, -0.05) is 49.6 Å². The lowest BCUT2D eigenvalue weighted by molar-refractivity contribution is -0.274. The molecular formula is C27H34F3N3O3. The molecule has 2 atom stereocenters. The largest absolute Gasteiger partial charge is 0.573 e. The summed E-state index contributed by atoms with van der Waals surface area (Å²) in [5.41, 5.74) is 1.54. The first-order chi connectivity index (χ1) is 17.2. The number of benzene rings is 2. The summed E-state index contributed by atoms with van der Waals surface area (Å²) in [6, 6.07) is 15.0. The molecule has 0 aliphatic heterocycles. The smallest absolute Gasteiger partial charge is 0.406 e. The number of nitrogens with one attached hydrogen (secondary N) is 3. The predicted molar refractivity (Wildman–Crippen MR) is 133 cm³/mol. The Balaban J connectivity index is 1.49. The summed E-state index contributed by atoms with van der Waals surface area (Å²) in [6.45, 7) is 2.89. The van der Waals surface area contributed by atoms with Gasteiger partial charge in [-0.05, 0) is 55.5 Å². The van der Waals surface area contributed by atoms with Crippen molar-refractivity contribution in [3.05, 3.63) is 60.2 Å². The third kappa shape index (κ3) is 8.77. The fourth-order valence-corrected chi connectivity index (χ4v) is 4.56. The van der Waals surface area contributed by atoms with Crippen LogP contribution in [0.15, 0.2) is 54.6 Å². The van der Waals surface area contributed by atoms with E-state index in [1.165, 1.54) is 30.7 Å². The average molecular weight is 506 g/mol. The van der Waals surface area contributed by atoms with Crippen LogP contribution in [0.3, 0.4) is 0 Å². The molecule has 0 spiro atoms. The molecule has 3 N–H and O–H groups in total. The van der Waals surface area contributed by atoms with Crippen molar-refractivity contribution in [3.63, 3.8) is 0 Å². The fourth-order valence-electron chi connectivity index (χ4n) is 4.56. The van der Waals surface area contributed by atoms with Crippen molar-refractivity contribution in [2.75, 3.05) is 25.0 Å². The first-order valence-corrected chi connectivity index (χ1v) is 12.4. The standard InChI is InChI=1S/C27H34F3N3O3/c1-19(20-8-4-2-5-9-20)25(34)33-18-24(21-10-6-3-7-11-21)26(35)32-17-16-31-22-12-14-23(15-13-22)36-27(28,29)30/h2,4-5,8-9,12-15,19,21,24,31H,3,6-7,10-11,16-18H2,1H3,(H,32,35)(H,33,34)/t19-,24?/m1/s1. The number of amides is 2. The van der Waals surface area contributed by atoms with E-state index in [-0.39, 0.29) is 35.3 Å². The maximum absolute atomic E-state index is 13.1. The van der Waals surface area contributed by atoms with E-state index in [1.807, 2.05) is 37.3 Å². The summed E-state index contributed by atoms with van der Waals surface area (Å²) >= 11 is 0. The number of ether oxygens (including phenoxy) is 1. The molecular weight excluding hydrogens is 471 g/mol. The number of hydrogen-bond acceptors (Lipinski definition) is 4. The number of alkyl halides is 3. The number of anilines is 1. The molecule has 2 amide bonds. The Kier molecular flexibility index (Phi) is 10.0. The van der Waals surface area contributed by atoms with Gasteiger partial charge in [0.15, 0.2) is 0 Å². The van der Waals surface area contributed by atoms with Crippen LogP contribution in [0.5, 0.6) is 5.75 Å². The third-order valence-electron chi connectivity index (χ3n) is 6.59. The van der Waals surface area contributed by atoms with Crippen molar-refractivity contribution in [3.8, 4) is 5.75 Å². The van der Waals surface area contributed by atoms with Gasteiger partial charge >= 0.3 is 6.36 Å². The van der Waals surface area contributed by atoms with Crippen LogP contribution >= 0.6 is 0 Å². The van der Waals surface area contributed by atoms with Crippen molar-refractivity contribution < 1.29 is 27.5 Å². The molecule has 2 aromatic rings. The molecule has 0 aromatic heterocycles. The minimum absolute atomic E-state index is 0.0923. The van der Waals surface area contributed by atoms with Crippen LogP contribution in [0.25, 0.3) is 0 Å². The first-order valence-electron chi connectivity index (χ1n) is 12.4. The van der Waals surface area contributed by atoms with Gasteiger partial charge in [0.1, 0.15) is 5.75 Å². The molecule has 196 valence electrons. The molecule has 3 rings (SSSR count). The van der Waals surface area contributed by atoms with E-state index in [2.05, 4.69) is 20.7 Å². The van der Waals surface area contributed by atoms with E-state index >= 15 is 0 Å². The summed E-state index contributed by atoms with van der Waals surface area (Å²) in [5, 5.41) is 9.01. The highest BCUT2D eigenvalue weighted by Crippen LogP contribution is 2.30. The summed E-state index contributed by atoms with van der Waals surface area (Å²) < 4.78 is 40.7. The second-order valence-corrected chi connectivity index (χ2v) is 9.17. The molecule has 36 heavy (non-hydrogen) atoms. The van der Waals surface area contributed by atoms with E-state index in [0.29, 0.717) is 25.3 Å². The van der Waals surface area contributed by atoms with E-state index < -0.39 is 6.36 Å². The van der Waals surface area contributed by atoms with Crippen LogP contribution in [0.4, 0.5) is 18.9 Å². The molecule has 0 radical (unpaired) electrons. The Bertz CT molecular complexity index is 962. The molecule has 0 saturated heterocycles. The fraction of sp³-hybridized carbons (Fsp3) is 0.481. The second kappa shape index (κ2) is 13.2. The van der Waals surface area contributed by atoms with Crippen LogP contribution in [0, 0.1) is 11.8 Å². The molecule has 1 unspecified atom stereocenters. The summed E-state index contributed by atoms with van der Waals surface area (Å²) in [6.07, 6.45) is 0.530. The number of hydrogen-bond donors (Lipinski definition) is 3. The highest BCUT2D eigenvalue weighted by Gasteiger charge is 2.31. The third-order valence-corrected chi connectivity index (χ3v) is 6.59. The molecule has 1 aliphatic carbocycles. The van der Waals surface area contributed by atoms with Gasteiger partial charge < -0.3 is 20.7 Å². The molecule has 6 nitrogen and oxygen atoms in total. The summed E-state index contributed by atoms with van der Waals surface area (Å²) in [4.78, 5) is 25.8. The molecule has 1 aliphatic rings. The zero-order valence-corrected chi connectivity index (χ0v) is 20.4. The van der Waals surface area contributed by atoms with Crippen LogP contribution in [-0.4, -0.2) is 37.8 Å². The van der Waals surface area contributed by atoms with Gasteiger partial charge in [0, 0.05) is 25.3 Å². The quantitative estimate of drug-likeness (QED) is 0.366. The molecule has 0 bridgehead atoms. The first kappa shape index (κ1) is 27.4. The van der Waals surface area contributed by atoms with E-state index in [9.17, 15) is 22.8 Å². The molecule has 1 fully saturated rings. The highest BCUT2D eigenvalue weighted by atomic mass is 19.4. The minimum atomic E-state index is -4.73. The van der Waals surface area contributed by atoms with Gasteiger partial charge in [-0.25, -0.2) is 0 Å². The van der Waals surface area contributed by atoms with E-state index in [1.54, 1.807) is 0 Å². The van der Waals surface area contributed by atoms with Crippen molar-refractivity contribution in [1.82, 2.24) is 10.6 Å². The van der Waals surface area contributed by atoms with Crippen molar-refractivity contribution >= 4 is 17.5 Å². The number of carbonyl (C=O) groups is 2. The maximum atomic E-state index is 13.1. The van der Waals surface area contributed by atoms with Gasteiger partial charge in [-0.3, -0.25) is 9.59 Å². The van der Waals surface area contributed by atoms with E-state index in [4.69, 9.17) is 0 Å². The average Bonchev–Trinajstić information content (AvgIpc) is 2.87. The Morgan fingerprint density at radius 3 is 2.22 bits per heavy atom. The number of carbonyl (C=O) groups excluding carboxylic acids is 2. The van der Waals surface area contributed by atoms with Gasteiger partial charge in [0.25, 0.3) is 0 Å². The summed E-state index contributed by atoms with van der Waals surface area (Å²) in [5.74, 6) is -0.880. The monoisotopic (exact) mass is 505 g/mol. The minimum Gasteiger partial charge on any atom is -0.406 e. The maximum Gasteiger partial charge on any atom is 0.573 e. The number of rotatable bonds is 11. The molecule has 0 heterocycles. The van der Waals surface area contributed by atoms with Crippen molar-refractivity contribution in [2.24, 2.45) is 11.8 Å². The lowest BCUT2D eigenvalue weighted by atomic mass is 9.79. The zero-order chi connectivity index (χ0) is 26.0. The van der Waals surface area contributed by atoms with Crippen LogP contribution in [0.2, 0.25) is 0 Å². The topological polar surface area (TPSA) is 79.5 Å². The van der Waals surface area contributed by atoms with Gasteiger partial charge in [-0.15, -0.1) is 13.2 Å². The van der Waals surface area contributed by atoms with E-state index in [0.717, 1.165) is 31.2 Å².